The maximum Gasteiger partial charge on any atom is 0.251 e. The van der Waals surface area contributed by atoms with E-state index in [4.69, 9.17) is 0 Å². The molecule has 2 aromatic rings. The molecule has 0 unspecified atom stereocenters. The van der Waals surface area contributed by atoms with Crippen molar-refractivity contribution in [2.45, 2.75) is 6.42 Å². The van der Waals surface area contributed by atoms with Gasteiger partial charge in [0.25, 0.3) is 5.91 Å². The van der Waals surface area contributed by atoms with Crippen LogP contribution in [0, 0.1) is 0 Å². The van der Waals surface area contributed by atoms with Crippen LogP contribution >= 0.6 is 12.4 Å². The Labute approximate surface area is 166 Å². The van der Waals surface area contributed by atoms with Gasteiger partial charge in [-0.3, -0.25) is 14.5 Å². The summed E-state index contributed by atoms with van der Waals surface area (Å²) < 4.78 is 0. The fourth-order valence-electron chi connectivity index (χ4n) is 3.10. The molecule has 0 radical (unpaired) electrons. The molecule has 2 aromatic carbocycles. The molecule has 0 spiro atoms. The first-order chi connectivity index (χ1) is 12.7. The third-order valence-corrected chi connectivity index (χ3v) is 4.61. The number of benzene rings is 2. The van der Waals surface area contributed by atoms with Crippen LogP contribution < -0.4 is 16.0 Å². The minimum Gasteiger partial charge on any atom is -0.355 e. The Morgan fingerprint density at radius 2 is 1.70 bits per heavy atom. The zero-order chi connectivity index (χ0) is 18.2. The summed E-state index contributed by atoms with van der Waals surface area (Å²) in [5.74, 6) is -0.177. The smallest absolute Gasteiger partial charge is 0.251 e. The van der Waals surface area contributed by atoms with Crippen molar-refractivity contribution in [1.29, 1.82) is 0 Å². The van der Waals surface area contributed by atoms with Crippen LogP contribution in [-0.4, -0.2) is 62.5 Å². The Morgan fingerprint density at radius 3 is 2.48 bits per heavy atom. The van der Waals surface area contributed by atoms with Gasteiger partial charge in [0.05, 0.1) is 0 Å². The summed E-state index contributed by atoms with van der Waals surface area (Å²) in [6, 6.07) is 13.5. The number of hydrogen-bond donors (Lipinski definition) is 3. The highest BCUT2D eigenvalue weighted by Crippen LogP contribution is 2.15. The largest absolute Gasteiger partial charge is 0.355 e. The maximum atomic E-state index is 12.2. The molecule has 0 aromatic heterocycles. The van der Waals surface area contributed by atoms with Crippen molar-refractivity contribution in [3.8, 4) is 0 Å². The average molecular weight is 391 g/mol. The SMILES string of the molecule is Cl.O=C(CCNC(=O)c1ccc2ccccc2c1)NCCN1CCNCC1. The first-order valence-electron chi connectivity index (χ1n) is 9.19. The third-order valence-electron chi connectivity index (χ3n) is 4.61. The number of piperazine rings is 1. The number of hydrogen-bond acceptors (Lipinski definition) is 4. The molecule has 3 rings (SSSR count). The van der Waals surface area contributed by atoms with E-state index in [-0.39, 0.29) is 24.2 Å². The second-order valence-corrected chi connectivity index (χ2v) is 6.51. The molecule has 0 atom stereocenters. The van der Waals surface area contributed by atoms with Crippen molar-refractivity contribution in [2.24, 2.45) is 0 Å². The summed E-state index contributed by atoms with van der Waals surface area (Å²) in [6.45, 7) is 5.93. The number of nitrogens with one attached hydrogen (secondary N) is 3. The molecular weight excluding hydrogens is 364 g/mol. The lowest BCUT2D eigenvalue weighted by Gasteiger charge is -2.27. The lowest BCUT2D eigenvalue weighted by Crippen LogP contribution is -2.46. The van der Waals surface area contributed by atoms with Crippen molar-refractivity contribution in [2.75, 3.05) is 45.8 Å². The highest BCUT2D eigenvalue weighted by Gasteiger charge is 2.10. The van der Waals surface area contributed by atoms with Crippen molar-refractivity contribution < 1.29 is 9.59 Å². The van der Waals surface area contributed by atoms with Gasteiger partial charge in [-0.05, 0) is 22.9 Å². The normalized spacial score (nSPS) is 14.4. The molecule has 7 heteroatoms. The minimum absolute atomic E-state index is 0. The van der Waals surface area contributed by atoms with Crippen LogP contribution in [0.25, 0.3) is 10.8 Å². The fraction of sp³-hybridized carbons (Fsp3) is 0.400. The minimum atomic E-state index is -0.149. The van der Waals surface area contributed by atoms with E-state index in [0.717, 1.165) is 43.5 Å². The third kappa shape index (κ3) is 6.50. The van der Waals surface area contributed by atoms with Crippen molar-refractivity contribution in [3.63, 3.8) is 0 Å². The highest BCUT2D eigenvalue weighted by atomic mass is 35.5. The lowest BCUT2D eigenvalue weighted by molar-refractivity contribution is -0.121. The Kier molecular flexibility index (Phi) is 8.51. The summed E-state index contributed by atoms with van der Waals surface area (Å²) in [6.07, 6.45) is 0.293. The summed E-state index contributed by atoms with van der Waals surface area (Å²) in [5, 5.41) is 11.2. The Bertz CT molecular complexity index is 762. The molecule has 1 aliphatic heterocycles. The van der Waals surface area contributed by atoms with E-state index in [2.05, 4.69) is 20.9 Å². The topological polar surface area (TPSA) is 73.5 Å². The first kappa shape index (κ1) is 21.2. The van der Waals surface area contributed by atoms with Crippen LogP contribution in [-0.2, 0) is 4.79 Å². The lowest BCUT2D eigenvalue weighted by atomic mass is 10.1. The molecule has 1 heterocycles. The summed E-state index contributed by atoms with van der Waals surface area (Å²) in [5.41, 5.74) is 0.614. The van der Waals surface area contributed by atoms with Crippen LogP contribution in [0.5, 0.6) is 0 Å². The second kappa shape index (κ2) is 10.9. The predicted molar refractivity (Wildman–Crippen MR) is 110 cm³/mol. The Morgan fingerprint density at radius 1 is 0.963 bits per heavy atom. The van der Waals surface area contributed by atoms with Gasteiger partial charge in [-0.25, -0.2) is 0 Å². The van der Waals surface area contributed by atoms with E-state index in [1.165, 1.54) is 0 Å². The van der Waals surface area contributed by atoms with Gasteiger partial charge >= 0.3 is 0 Å². The quantitative estimate of drug-likeness (QED) is 0.668. The maximum absolute atomic E-state index is 12.2. The molecule has 146 valence electrons. The molecule has 1 aliphatic rings. The molecule has 27 heavy (non-hydrogen) atoms. The van der Waals surface area contributed by atoms with E-state index in [9.17, 15) is 9.59 Å². The molecule has 1 saturated heterocycles. The van der Waals surface area contributed by atoms with Gasteiger partial charge in [0.15, 0.2) is 0 Å². The van der Waals surface area contributed by atoms with Gasteiger partial charge in [0.2, 0.25) is 5.91 Å². The van der Waals surface area contributed by atoms with Gasteiger partial charge in [-0.2, -0.15) is 0 Å². The average Bonchev–Trinajstić information content (AvgIpc) is 2.68. The molecule has 6 nitrogen and oxygen atoms in total. The Hall–Kier alpha value is -2.15. The first-order valence-corrected chi connectivity index (χ1v) is 9.19. The number of fused-ring (bicyclic) bond motifs is 1. The van der Waals surface area contributed by atoms with Crippen molar-refractivity contribution in [1.82, 2.24) is 20.9 Å². The number of nitrogens with zero attached hydrogens (tertiary/aromatic N) is 1. The molecule has 0 bridgehead atoms. The van der Waals surface area contributed by atoms with E-state index < -0.39 is 0 Å². The summed E-state index contributed by atoms with van der Waals surface area (Å²) in [7, 11) is 0. The van der Waals surface area contributed by atoms with Crippen LogP contribution in [0.15, 0.2) is 42.5 Å². The van der Waals surface area contributed by atoms with Gasteiger partial charge < -0.3 is 16.0 Å². The van der Waals surface area contributed by atoms with E-state index >= 15 is 0 Å². The monoisotopic (exact) mass is 390 g/mol. The number of carbonyl (C=O) groups is 2. The second-order valence-electron chi connectivity index (χ2n) is 6.51. The van der Waals surface area contributed by atoms with Gasteiger partial charge in [-0.1, -0.05) is 30.3 Å². The number of amides is 2. The highest BCUT2D eigenvalue weighted by molar-refractivity contribution is 5.98. The molecular formula is C20H27ClN4O2. The van der Waals surface area contributed by atoms with E-state index in [0.29, 0.717) is 25.1 Å². The zero-order valence-corrected chi connectivity index (χ0v) is 16.2. The predicted octanol–water partition coefficient (Wildman–Crippen LogP) is 1.40. The van der Waals surface area contributed by atoms with E-state index in [1.54, 1.807) is 0 Å². The molecule has 1 fully saturated rings. The number of carbonyl (C=O) groups excluding carboxylic acids is 2. The summed E-state index contributed by atoms with van der Waals surface area (Å²) in [4.78, 5) is 26.5. The van der Waals surface area contributed by atoms with E-state index in [1.807, 2.05) is 42.5 Å². The van der Waals surface area contributed by atoms with Gasteiger partial charge in [-0.15, -0.1) is 12.4 Å². The Balaban J connectivity index is 0.00000261. The molecule has 0 aliphatic carbocycles. The van der Waals surface area contributed by atoms with Gasteiger partial charge in [0.1, 0.15) is 0 Å². The van der Waals surface area contributed by atoms with Crippen LogP contribution in [0.1, 0.15) is 16.8 Å². The van der Waals surface area contributed by atoms with Crippen LogP contribution in [0.4, 0.5) is 0 Å². The molecule has 0 saturated carbocycles. The van der Waals surface area contributed by atoms with Crippen molar-refractivity contribution in [3.05, 3.63) is 48.0 Å². The van der Waals surface area contributed by atoms with Crippen LogP contribution in [0.2, 0.25) is 0 Å². The molecule has 2 amide bonds. The zero-order valence-electron chi connectivity index (χ0n) is 15.4. The van der Waals surface area contributed by atoms with Crippen LogP contribution in [0.3, 0.4) is 0 Å². The number of halogens is 1. The van der Waals surface area contributed by atoms with Crippen molar-refractivity contribution >= 4 is 35.0 Å². The summed E-state index contributed by atoms with van der Waals surface area (Å²) >= 11 is 0. The molecule has 3 N–H and O–H groups in total. The fourth-order valence-corrected chi connectivity index (χ4v) is 3.10. The standard InChI is InChI=1S/C20H26N4O2.ClH/c25-19(22-11-14-24-12-9-21-10-13-24)7-8-23-20(26)18-6-5-16-3-1-2-4-17(16)15-18;/h1-6,15,21H,7-14H2,(H,22,25)(H,23,26);1H. The number of rotatable bonds is 7. The van der Waals surface area contributed by atoms with Gasteiger partial charge in [0, 0.05) is 57.8 Å².